The molecule has 1 saturated heterocycles. The van der Waals surface area contributed by atoms with Gasteiger partial charge in [0.05, 0.1) is 6.54 Å². The summed E-state index contributed by atoms with van der Waals surface area (Å²) in [6.45, 7) is 8.15. The molecule has 5 nitrogen and oxygen atoms in total. The van der Waals surface area contributed by atoms with Crippen LogP contribution in [0.2, 0.25) is 0 Å². The van der Waals surface area contributed by atoms with Crippen molar-refractivity contribution in [3.05, 3.63) is 23.9 Å². The first-order valence-electron chi connectivity index (χ1n) is 8.41. The number of aromatic nitrogens is 1. The topological polar surface area (TPSA) is 43.8 Å². The van der Waals surface area contributed by atoms with Crippen molar-refractivity contribution in [2.45, 2.75) is 32.1 Å². The first-order valence-corrected chi connectivity index (χ1v) is 9.46. The molecule has 0 saturated carbocycles. The molecule has 24 heavy (non-hydrogen) atoms. The van der Waals surface area contributed by atoms with Gasteiger partial charge in [-0.2, -0.15) is 11.8 Å². The number of rotatable bonds is 5. The van der Waals surface area contributed by atoms with Gasteiger partial charge in [-0.15, -0.1) is 24.0 Å². The highest BCUT2D eigenvalue weighted by molar-refractivity contribution is 14.0. The number of guanidine groups is 1. The number of thioether (sulfide) groups is 1. The van der Waals surface area contributed by atoms with Crippen molar-refractivity contribution in [2.24, 2.45) is 4.99 Å². The Morgan fingerprint density at radius 2 is 2.25 bits per heavy atom. The average Bonchev–Trinajstić information content (AvgIpc) is 2.59. The largest absolute Gasteiger partial charge is 0.363 e. The molecule has 1 aliphatic heterocycles. The van der Waals surface area contributed by atoms with E-state index >= 15 is 0 Å². The van der Waals surface area contributed by atoms with Gasteiger partial charge in [-0.05, 0) is 31.0 Å². The zero-order valence-electron chi connectivity index (χ0n) is 15.2. The summed E-state index contributed by atoms with van der Waals surface area (Å²) >= 11 is 2.08. The molecule has 2 rings (SSSR count). The number of nitrogens with zero attached hydrogens (tertiary/aromatic N) is 4. The first kappa shape index (κ1) is 21.3. The number of hydrogen-bond acceptors (Lipinski definition) is 4. The van der Waals surface area contributed by atoms with Crippen LogP contribution < -0.4 is 10.2 Å². The summed E-state index contributed by atoms with van der Waals surface area (Å²) in [5.74, 6) is 3.20. The lowest BCUT2D eigenvalue weighted by Crippen LogP contribution is -2.48. The fraction of sp³-hybridized carbons (Fsp3) is 0.647. The van der Waals surface area contributed by atoms with Crippen LogP contribution in [0.5, 0.6) is 0 Å². The molecule has 1 aromatic rings. The Hall–Kier alpha value is -0.700. The van der Waals surface area contributed by atoms with Crippen molar-refractivity contribution in [2.75, 3.05) is 44.4 Å². The van der Waals surface area contributed by atoms with Crippen molar-refractivity contribution < 1.29 is 0 Å². The minimum absolute atomic E-state index is 0. The maximum atomic E-state index is 4.85. The first-order chi connectivity index (χ1) is 11.1. The number of aliphatic imine (C=N–C) groups is 1. The third kappa shape index (κ3) is 6.31. The van der Waals surface area contributed by atoms with Crippen molar-refractivity contribution >= 4 is 47.5 Å². The van der Waals surface area contributed by atoms with Gasteiger partial charge in [0.25, 0.3) is 0 Å². The standard InChI is InChI=1S/C17H29N5S.HI/c1-5-15-13-22(9-10-23-15)17(18-6-2)20-12-14-7-8-19-16(11-14)21(3)4;/h7-8,11,15H,5-6,9-10,12-13H2,1-4H3,(H,18,20);1H. The van der Waals surface area contributed by atoms with Crippen LogP contribution in [0.1, 0.15) is 25.8 Å². The van der Waals surface area contributed by atoms with Gasteiger partial charge in [0.1, 0.15) is 5.82 Å². The summed E-state index contributed by atoms with van der Waals surface area (Å²) in [6.07, 6.45) is 3.08. The van der Waals surface area contributed by atoms with Gasteiger partial charge in [0.15, 0.2) is 5.96 Å². The van der Waals surface area contributed by atoms with Gasteiger partial charge >= 0.3 is 0 Å². The van der Waals surface area contributed by atoms with E-state index in [1.807, 2.05) is 31.3 Å². The Morgan fingerprint density at radius 1 is 1.46 bits per heavy atom. The average molecular weight is 463 g/mol. The maximum Gasteiger partial charge on any atom is 0.194 e. The minimum atomic E-state index is 0. The molecular weight excluding hydrogens is 433 g/mol. The second kappa shape index (κ2) is 11.0. The Kier molecular flexibility index (Phi) is 9.80. The van der Waals surface area contributed by atoms with Crippen LogP contribution in [0, 0.1) is 0 Å². The summed E-state index contributed by atoms with van der Waals surface area (Å²) in [7, 11) is 4.02. The Morgan fingerprint density at radius 3 is 2.92 bits per heavy atom. The molecule has 1 atom stereocenters. The zero-order chi connectivity index (χ0) is 16.7. The van der Waals surface area contributed by atoms with E-state index in [1.54, 1.807) is 0 Å². The highest BCUT2D eigenvalue weighted by Gasteiger charge is 2.21. The third-order valence-corrected chi connectivity index (χ3v) is 5.28. The third-order valence-electron chi connectivity index (χ3n) is 3.91. The van der Waals surface area contributed by atoms with E-state index in [0.717, 1.165) is 31.4 Å². The molecule has 0 aromatic carbocycles. The van der Waals surface area contributed by atoms with Crippen LogP contribution in [-0.4, -0.2) is 60.6 Å². The smallest absolute Gasteiger partial charge is 0.194 e. The van der Waals surface area contributed by atoms with Gasteiger partial charge in [-0.1, -0.05) is 6.92 Å². The summed E-state index contributed by atoms with van der Waals surface area (Å²) in [4.78, 5) is 13.6. The lowest BCUT2D eigenvalue weighted by atomic mass is 10.2. The predicted molar refractivity (Wildman–Crippen MR) is 117 cm³/mol. The monoisotopic (exact) mass is 463 g/mol. The fourth-order valence-electron chi connectivity index (χ4n) is 2.55. The lowest BCUT2D eigenvalue weighted by molar-refractivity contribution is 0.408. The van der Waals surface area contributed by atoms with Gasteiger partial charge in [0.2, 0.25) is 0 Å². The zero-order valence-corrected chi connectivity index (χ0v) is 18.3. The molecular formula is C17H30IN5S. The SMILES string of the molecule is CCNC(=NCc1ccnc(N(C)C)c1)N1CCSC(CC)C1.I. The summed E-state index contributed by atoms with van der Waals surface area (Å²) < 4.78 is 0. The van der Waals surface area contributed by atoms with Gasteiger partial charge in [0, 0.05) is 50.9 Å². The molecule has 0 radical (unpaired) electrons. The molecule has 0 aliphatic carbocycles. The second-order valence-corrected chi connectivity index (χ2v) is 7.34. The molecule has 0 bridgehead atoms. The number of anilines is 1. The lowest BCUT2D eigenvalue weighted by Gasteiger charge is -2.34. The molecule has 1 N–H and O–H groups in total. The van der Waals surface area contributed by atoms with Crippen molar-refractivity contribution in [3.63, 3.8) is 0 Å². The van der Waals surface area contributed by atoms with E-state index in [1.165, 1.54) is 17.7 Å². The van der Waals surface area contributed by atoms with E-state index in [0.29, 0.717) is 11.8 Å². The van der Waals surface area contributed by atoms with Crippen LogP contribution >= 0.6 is 35.7 Å². The molecule has 0 spiro atoms. The summed E-state index contributed by atoms with van der Waals surface area (Å²) in [5.41, 5.74) is 1.19. The Balaban J connectivity index is 0.00000288. The molecule has 1 unspecified atom stereocenters. The van der Waals surface area contributed by atoms with E-state index in [2.05, 4.69) is 46.9 Å². The van der Waals surface area contributed by atoms with E-state index in [-0.39, 0.29) is 24.0 Å². The molecule has 7 heteroatoms. The maximum absolute atomic E-state index is 4.85. The molecule has 136 valence electrons. The Labute approximate surface area is 167 Å². The van der Waals surface area contributed by atoms with Crippen molar-refractivity contribution in [1.29, 1.82) is 0 Å². The Bertz CT molecular complexity index is 523. The van der Waals surface area contributed by atoms with Crippen LogP contribution in [0.15, 0.2) is 23.3 Å². The molecule has 1 aliphatic rings. The van der Waals surface area contributed by atoms with E-state index in [9.17, 15) is 0 Å². The highest BCUT2D eigenvalue weighted by Crippen LogP contribution is 2.21. The van der Waals surface area contributed by atoms with Crippen LogP contribution in [0.4, 0.5) is 5.82 Å². The number of pyridine rings is 1. The van der Waals surface area contributed by atoms with E-state index < -0.39 is 0 Å². The van der Waals surface area contributed by atoms with Gasteiger partial charge < -0.3 is 15.1 Å². The van der Waals surface area contributed by atoms with Gasteiger partial charge in [-0.25, -0.2) is 9.98 Å². The van der Waals surface area contributed by atoms with Crippen LogP contribution in [-0.2, 0) is 6.54 Å². The number of nitrogens with one attached hydrogen (secondary N) is 1. The minimum Gasteiger partial charge on any atom is -0.363 e. The quantitative estimate of drug-likeness (QED) is 0.413. The summed E-state index contributed by atoms with van der Waals surface area (Å²) in [6, 6.07) is 4.15. The fourth-order valence-corrected chi connectivity index (χ4v) is 3.73. The van der Waals surface area contributed by atoms with Crippen LogP contribution in [0.25, 0.3) is 0 Å². The van der Waals surface area contributed by atoms with E-state index in [4.69, 9.17) is 4.99 Å². The van der Waals surface area contributed by atoms with Crippen molar-refractivity contribution in [1.82, 2.24) is 15.2 Å². The number of halogens is 1. The highest BCUT2D eigenvalue weighted by atomic mass is 127. The molecule has 2 heterocycles. The molecule has 1 aromatic heterocycles. The molecule has 0 amide bonds. The van der Waals surface area contributed by atoms with Gasteiger partial charge in [-0.3, -0.25) is 0 Å². The molecule has 1 fully saturated rings. The van der Waals surface area contributed by atoms with Crippen molar-refractivity contribution in [3.8, 4) is 0 Å². The second-order valence-electron chi connectivity index (χ2n) is 5.93. The summed E-state index contributed by atoms with van der Waals surface area (Å²) in [5, 5.41) is 4.16. The predicted octanol–water partition coefficient (Wildman–Crippen LogP) is 3.06. The normalized spacial score (nSPS) is 18.1. The number of hydrogen-bond donors (Lipinski definition) is 1. The van der Waals surface area contributed by atoms with Crippen LogP contribution in [0.3, 0.4) is 0 Å².